The lowest BCUT2D eigenvalue weighted by Crippen LogP contribution is -2.29. The molecule has 0 aliphatic carbocycles. The minimum atomic E-state index is -0.534. The Morgan fingerprint density at radius 2 is 1.50 bits per heavy atom. The maximum absolute atomic E-state index is 12.6. The molecular formula is C20H20N2O4. The Bertz CT molecular complexity index is 833. The van der Waals surface area contributed by atoms with E-state index in [1.165, 1.54) is 0 Å². The first-order valence-corrected chi connectivity index (χ1v) is 8.44. The van der Waals surface area contributed by atoms with Gasteiger partial charge in [-0.25, -0.2) is 9.59 Å². The monoisotopic (exact) mass is 352 g/mol. The van der Waals surface area contributed by atoms with Gasteiger partial charge in [-0.1, -0.05) is 42.5 Å². The number of rotatable bonds is 1. The Kier molecular flexibility index (Phi) is 5.31. The largest absolute Gasteiger partial charge is 0.459 e. The number of hydrazone groups is 1. The number of esters is 2. The van der Waals surface area contributed by atoms with Crippen molar-refractivity contribution in [1.29, 1.82) is 0 Å². The molecule has 1 N–H and O–H groups in total. The Labute approximate surface area is 151 Å². The highest BCUT2D eigenvalue weighted by Crippen LogP contribution is 2.20. The number of ether oxygens (including phenoxy) is 2. The molecule has 6 nitrogen and oxygen atoms in total. The number of nitrogens with one attached hydrogen (secondary N) is 1. The Balaban J connectivity index is 2.04. The zero-order valence-corrected chi connectivity index (χ0v) is 14.6. The van der Waals surface area contributed by atoms with Crippen molar-refractivity contribution in [2.75, 3.05) is 5.43 Å². The fraction of sp³-hybridized carbons (Fsp3) is 0.250. The van der Waals surface area contributed by atoms with E-state index < -0.39 is 24.1 Å². The number of fused-ring (bicyclic) bond motifs is 1. The van der Waals surface area contributed by atoms with Crippen LogP contribution in [-0.2, 0) is 14.3 Å². The summed E-state index contributed by atoms with van der Waals surface area (Å²) in [5.41, 5.74) is 4.40. The molecule has 2 atom stereocenters. The highest BCUT2D eigenvalue weighted by molar-refractivity contribution is 6.43. The zero-order valence-electron chi connectivity index (χ0n) is 14.6. The highest BCUT2D eigenvalue weighted by atomic mass is 16.6. The Morgan fingerprint density at radius 1 is 0.885 bits per heavy atom. The predicted octanol–water partition coefficient (Wildman–Crippen LogP) is 3.38. The molecule has 2 unspecified atom stereocenters. The first-order valence-electron chi connectivity index (χ1n) is 8.44. The molecule has 2 aromatic rings. The Morgan fingerprint density at radius 3 is 2.23 bits per heavy atom. The summed E-state index contributed by atoms with van der Waals surface area (Å²) >= 11 is 0. The molecule has 1 heterocycles. The number of para-hydroxylation sites is 1. The molecule has 0 aromatic heterocycles. The zero-order chi connectivity index (χ0) is 18.5. The van der Waals surface area contributed by atoms with Crippen molar-refractivity contribution in [2.24, 2.45) is 5.10 Å². The number of hydrogen-bond donors (Lipinski definition) is 1. The van der Waals surface area contributed by atoms with E-state index in [4.69, 9.17) is 9.47 Å². The summed E-state index contributed by atoms with van der Waals surface area (Å²) in [6, 6.07) is 15.9. The van der Waals surface area contributed by atoms with Crippen molar-refractivity contribution in [3.8, 4) is 0 Å². The second kappa shape index (κ2) is 7.82. The predicted molar refractivity (Wildman–Crippen MR) is 98.1 cm³/mol. The number of benzene rings is 2. The second-order valence-corrected chi connectivity index (χ2v) is 6.15. The van der Waals surface area contributed by atoms with E-state index in [1.807, 2.05) is 18.2 Å². The van der Waals surface area contributed by atoms with Gasteiger partial charge in [0.25, 0.3) is 0 Å². The van der Waals surface area contributed by atoms with Gasteiger partial charge < -0.3 is 9.47 Å². The lowest BCUT2D eigenvalue weighted by Gasteiger charge is -2.20. The molecule has 0 bridgehead atoms. The fourth-order valence-electron chi connectivity index (χ4n) is 2.75. The van der Waals surface area contributed by atoms with E-state index in [-0.39, 0.29) is 5.71 Å². The van der Waals surface area contributed by atoms with Crippen molar-refractivity contribution in [3.63, 3.8) is 0 Å². The van der Waals surface area contributed by atoms with E-state index >= 15 is 0 Å². The number of anilines is 1. The summed E-state index contributed by atoms with van der Waals surface area (Å²) in [5, 5.41) is 4.22. The van der Waals surface area contributed by atoms with Gasteiger partial charge in [-0.05, 0) is 26.0 Å². The van der Waals surface area contributed by atoms with Crippen LogP contribution < -0.4 is 5.43 Å². The molecule has 0 amide bonds. The molecule has 0 fully saturated rings. The number of nitrogens with zero attached hydrogens (tertiary/aromatic N) is 1. The maximum Gasteiger partial charge on any atom is 0.359 e. The first kappa shape index (κ1) is 17.7. The van der Waals surface area contributed by atoms with Gasteiger partial charge in [-0.15, -0.1) is 0 Å². The van der Waals surface area contributed by atoms with Crippen LogP contribution in [0.4, 0.5) is 5.69 Å². The van der Waals surface area contributed by atoms with E-state index in [9.17, 15) is 9.59 Å². The van der Waals surface area contributed by atoms with Gasteiger partial charge in [-0.3, -0.25) is 5.43 Å². The standard InChI is InChI=1S/C20H20N2O4/c1-13-12-14(2)26-20(24)18(15-8-4-3-5-9-15)22-21-17-11-7-6-10-16(17)19(23)25-13/h3-11,13-14,21H,12H2,1-2H3/b22-18-. The summed E-state index contributed by atoms with van der Waals surface area (Å²) in [6.45, 7) is 3.54. The van der Waals surface area contributed by atoms with Crippen LogP contribution in [0.2, 0.25) is 0 Å². The normalized spacial score (nSPS) is 23.1. The van der Waals surface area contributed by atoms with E-state index in [0.717, 1.165) is 0 Å². The third kappa shape index (κ3) is 4.08. The van der Waals surface area contributed by atoms with Gasteiger partial charge in [0.05, 0.1) is 11.3 Å². The molecule has 0 saturated heterocycles. The number of carbonyl (C=O) groups excluding carboxylic acids is 2. The topological polar surface area (TPSA) is 77.0 Å². The van der Waals surface area contributed by atoms with Crippen LogP contribution in [-0.4, -0.2) is 29.9 Å². The van der Waals surface area contributed by atoms with E-state index in [1.54, 1.807) is 50.2 Å². The Hall–Kier alpha value is -3.15. The molecule has 0 radical (unpaired) electrons. The van der Waals surface area contributed by atoms with Crippen molar-refractivity contribution < 1.29 is 19.1 Å². The van der Waals surface area contributed by atoms with Gasteiger partial charge >= 0.3 is 11.9 Å². The van der Waals surface area contributed by atoms with Gasteiger partial charge in [-0.2, -0.15) is 5.10 Å². The number of hydrogen-bond acceptors (Lipinski definition) is 6. The van der Waals surface area contributed by atoms with Crippen molar-refractivity contribution in [2.45, 2.75) is 32.5 Å². The maximum atomic E-state index is 12.6. The molecule has 1 aliphatic heterocycles. The van der Waals surface area contributed by atoms with Crippen molar-refractivity contribution >= 4 is 23.3 Å². The third-order valence-corrected chi connectivity index (χ3v) is 3.96. The summed E-state index contributed by atoms with van der Waals surface area (Å²) in [4.78, 5) is 25.1. The third-order valence-electron chi connectivity index (χ3n) is 3.96. The second-order valence-electron chi connectivity index (χ2n) is 6.15. The SMILES string of the molecule is CC1CC(C)OC(=O)c2ccccc2N/N=C(/c2ccccc2)C(=O)O1. The highest BCUT2D eigenvalue weighted by Gasteiger charge is 2.23. The minimum absolute atomic E-state index is 0.147. The quantitative estimate of drug-likeness (QED) is 0.796. The summed E-state index contributed by atoms with van der Waals surface area (Å²) in [5.74, 6) is -0.982. The van der Waals surface area contributed by atoms with E-state index in [0.29, 0.717) is 23.2 Å². The fourth-order valence-corrected chi connectivity index (χ4v) is 2.75. The molecule has 6 heteroatoms. The molecule has 26 heavy (non-hydrogen) atoms. The average molecular weight is 352 g/mol. The van der Waals surface area contributed by atoms with Gasteiger partial charge in [0, 0.05) is 12.0 Å². The van der Waals surface area contributed by atoms with Crippen LogP contribution in [0.25, 0.3) is 0 Å². The van der Waals surface area contributed by atoms with Gasteiger partial charge in [0.1, 0.15) is 12.2 Å². The molecule has 2 aromatic carbocycles. The summed E-state index contributed by atoms with van der Waals surface area (Å²) in [7, 11) is 0. The average Bonchev–Trinajstić information content (AvgIpc) is 2.62. The molecule has 1 aliphatic rings. The lowest BCUT2D eigenvalue weighted by molar-refractivity contribution is -0.140. The van der Waals surface area contributed by atoms with Crippen LogP contribution >= 0.6 is 0 Å². The summed E-state index contributed by atoms with van der Waals surface area (Å²) in [6.07, 6.45) is -0.418. The van der Waals surface area contributed by atoms with Crippen molar-refractivity contribution in [1.82, 2.24) is 0 Å². The molecule has 0 spiro atoms. The molecule has 134 valence electrons. The smallest absolute Gasteiger partial charge is 0.359 e. The van der Waals surface area contributed by atoms with Crippen LogP contribution in [0.1, 0.15) is 36.2 Å². The number of cyclic esters (lactones) is 2. The molecular weight excluding hydrogens is 332 g/mol. The van der Waals surface area contributed by atoms with Gasteiger partial charge in [0.15, 0.2) is 5.71 Å². The first-order chi connectivity index (χ1) is 12.5. The van der Waals surface area contributed by atoms with Crippen LogP contribution in [0.3, 0.4) is 0 Å². The van der Waals surface area contributed by atoms with Gasteiger partial charge in [0.2, 0.25) is 0 Å². The van der Waals surface area contributed by atoms with E-state index in [2.05, 4.69) is 10.5 Å². The molecule has 3 rings (SSSR count). The van der Waals surface area contributed by atoms with Crippen LogP contribution in [0.5, 0.6) is 0 Å². The van der Waals surface area contributed by atoms with Crippen LogP contribution in [0, 0.1) is 0 Å². The number of carbonyl (C=O) groups is 2. The lowest BCUT2D eigenvalue weighted by atomic mass is 10.1. The summed E-state index contributed by atoms with van der Waals surface area (Å²) < 4.78 is 10.9. The van der Waals surface area contributed by atoms with Crippen molar-refractivity contribution in [3.05, 3.63) is 65.7 Å². The molecule has 0 saturated carbocycles. The minimum Gasteiger partial charge on any atom is -0.459 e. The van der Waals surface area contributed by atoms with Crippen LogP contribution in [0.15, 0.2) is 59.7 Å².